The lowest BCUT2D eigenvalue weighted by atomic mass is 10.6. The second-order valence-electron chi connectivity index (χ2n) is 2.84. The fraction of sp³-hybridized carbons (Fsp3) is 0.375. The molecule has 0 amide bonds. The second-order valence-corrected chi connectivity index (χ2v) is 4.03. The van der Waals surface area contributed by atoms with Crippen LogP contribution in [0, 0.1) is 13.8 Å². The van der Waals surface area contributed by atoms with Crippen molar-refractivity contribution in [2.75, 3.05) is 5.32 Å². The molecule has 0 aliphatic carbocycles. The number of aryl methyl sites for hydroxylation is 2. The van der Waals surface area contributed by atoms with Crippen LogP contribution in [-0.2, 0) is 6.54 Å². The summed E-state index contributed by atoms with van der Waals surface area (Å²) in [5.41, 5.74) is 0. The Morgan fingerprint density at radius 3 is 2.86 bits per heavy atom. The third-order valence-corrected chi connectivity index (χ3v) is 2.38. The third kappa shape index (κ3) is 2.08. The SMILES string of the molecule is Cc1cnc(CNc2nnc(C)s2)o1. The van der Waals surface area contributed by atoms with E-state index < -0.39 is 0 Å². The zero-order valence-electron chi connectivity index (χ0n) is 7.94. The van der Waals surface area contributed by atoms with E-state index in [1.165, 1.54) is 11.3 Å². The van der Waals surface area contributed by atoms with Crippen LogP contribution in [0.1, 0.15) is 16.7 Å². The molecule has 0 aliphatic heterocycles. The van der Waals surface area contributed by atoms with E-state index in [4.69, 9.17) is 4.42 Å². The van der Waals surface area contributed by atoms with Crippen LogP contribution in [0.3, 0.4) is 0 Å². The molecule has 0 unspecified atom stereocenters. The zero-order valence-corrected chi connectivity index (χ0v) is 8.76. The van der Waals surface area contributed by atoms with Crippen LogP contribution in [0.5, 0.6) is 0 Å². The normalized spacial score (nSPS) is 10.4. The molecular formula is C8H10N4OS. The molecule has 0 saturated heterocycles. The third-order valence-electron chi connectivity index (χ3n) is 1.59. The van der Waals surface area contributed by atoms with Gasteiger partial charge in [-0.15, -0.1) is 10.2 Å². The molecule has 1 N–H and O–H groups in total. The van der Waals surface area contributed by atoms with Crippen molar-refractivity contribution < 1.29 is 4.42 Å². The molecule has 74 valence electrons. The van der Waals surface area contributed by atoms with Crippen molar-refractivity contribution in [3.63, 3.8) is 0 Å². The molecule has 0 aromatic carbocycles. The molecular weight excluding hydrogens is 200 g/mol. The summed E-state index contributed by atoms with van der Waals surface area (Å²) in [6, 6.07) is 0. The van der Waals surface area contributed by atoms with E-state index in [0.717, 1.165) is 15.9 Å². The lowest BCUT2D eigenvalue weighted by Crippen LogP contribution is -1.98. The average Bonchev–Trinajstić information content (AvgIpc) is 2.72. The van der Waals surface area contributed by atoms with Gasteiger partial charge in [0, 0.05) is 0 Å². The van der Waals surface area contributed by atoms with Gasteiger partial charge in [0.2, 0.25) is 11.0 Å². The highest BCUT2D eigenvalue weighted by molar-refractivity contribution is 7.15. The molecule has 2 rings (SSSR count). The van der Waals surface area contributed by atoms with Crippen LogP contribution in [0.15, 0.2) is 10.6 Å². The molecule has 0 radical (unpaired) electrons. The van der Waals surface area contributed by atoms with Crippen molar-refractivity contribution in [2.24, 2.45) is 0 Å². The summed E-state index contributed by atoms with van der Waals surface area (Å²) in [4.78, 5) is 4.06. The van der Waals surface area contributed by atoms with Crippen LogP contribution >= 0.6 is 11.3 Å². The summed E-state index contributed by atoms with van der Waals surface area (Å²) >= 11 is 1.51. The minimum atomic E-state index is 0.544. The Balaban J connectivity index is 1.94. The summed E-state index contributed by atoms with van der Waals surface area (Å²) in [7, 11) is 0. The van der Waals surface area contributed by atoms with Gasteiger partial charge in [0.1, 0.15) is 10.8 Å². The van der Waals surface area contributed by atoms with E-state index in [-0.39, 0.29) is 0 Å². The van der Waals surface area contributed by atoms with Gasteiger partial charge in [-0.05, 0) is 13.8 Å². The molecule has 0 bridgehead atoms. The van der Waals surface area contributed by atoms with E-state index >= 15 is 0 Å². The first-order valence-electron chi connectivity index (χ1n) is 4.19. The van der Waals surface area contributed by atoms with Crippen molar-refractivity contribution in [1.82, 2.24) is 15.2 Å². The topological polar surface area (TPSA) is 63.8 Å². The predicted octanol–water partition coefficient (Wildman–Crippen LogP) is 1.76. The van der Waals surface area contributed by atoms with Crippen molar-refractivity contribution in [2.45, 2.75) is 20.4 Å². The minimum absolute atomic E-state index is 0.544. The quantitative estimate of drug-likeness (QED) is 0.836. The largest absolute Gasteiger partial charge is 0.444 e. The Morgan fingerprint density at radius 2 is 2.29 bits per heavy atom. The van der Waals surface area contributed by atoms with Gasteiger partial charge in [0.15, 0.2) is 0 Å². The van der Waals surface area contributed by atoms with Crippen molar-refractivity contribution in [3.05, 3.63) is 22.9 Å². The van der Waals surface area contributed by atoms with Crippen molar-refractivity contribution in [1.29, 1.82) is 0 Å². The lowest BCUT2D eigenvalue weighted by molar-refractivity contribution is 0.479. The first kappa shape index (κ1) is 9.14. The highest BCUT2D eigenvalue weighted by atomic mass is 32.1. The van der Waals surface area contributed by atoms with Gasteiger partial charge in [-0.1, -0.05) is 11.3 Å². The van der Waals surface area contributed by atoms with E-state index in [1.807, 2.05) is 13.8 Å². The van der Waals surface area contributed by atoms with Crippen LogP contribution < -0.4 is 5.32 Å². The van der Waals surface area contributed by atoms with E-state index in [9.17, 15) is 0 Å². The van der Waals surface area contributed by atoms with Crippen LogP contribution in [0.25, 0.3) is 0 Å². The molecule has 2 aromatic heterocycles. The molecule has 0 spiro atoms. The molecule has 0 atom stereocenters. The van der Waals surface area contributed by atoms with Gasteiger partial charge in [0.05, 0.1) is 12.7 Å². The van der Waals surface area contributed by atoms with Gasteiger partial charge in [0.25, 0.3) is 0 Å². The number of hydrogen-bond acceptors (Lipinski definition) is 6. The Hall–Kier alpha value is -1.43. The fourth-order valence-corrected chi connectivity index (χ4v) is 1.59. The highest BCUT2D eigenvalue weighted by Gasteiger charge is 2.02. The zero-order chi connectivity index (χ0) is 9.97. The number of nitrogens with one attached hydrogen (secondary N) is 1. The molecule has 14 heavy (non-hydrogen) atoms. The van der Waals surface area contributed by atoms with Gasteiger partial charge in [-0.25, -0.2) is 4.98 Å². The van der Waals surface area contributed by atoms with Gasteiger partial charge < -0.3 is 9.73 Å². The average molecular weight is 210 g/mol. The molecule has 0 aliphatic rings. The van der Waals surface area contributed by atoms with Gasteiger partial charge in [-0.3, -0.25) is 0 Å². The van der Waals surface area contributed by atoms with Crippen LogP contribution in [0.2, 0.25) is 0 Å². The maximum atomic E-state index is 5.29. The standard InChI is InChI=1S/C8H10N4OS/c1-5-3-9-7(13-5)4-10-8-12-11-6(2)14-8/h3H,4H2,1-2H3,(H,10,12). The molecule has 0 fully saturated rings. The van der Waals surface area contributed by atoms with Crippen molar-refractivity contribution >= 4 is 16.5 Å². The molecule has 0 saturated carbocycles. The monoisotopic (exact) mass is 210 g/mol. The number of rotatable bonds is 3. The summed E-state index contributed by atoms with van der Waals surface area (Å²) in [5.74, 6) is 1.48. The number of oxazole rings is 1. The first-order valence-corrected chi connectivity index (χ1v) is 5.01. The molecule has 2 aromatic rings. The van der Waals surface area contributed by atoms with E-state index in [0.29, 0.717) is 12.4 Å². The first-order chi connectivity index (χ1) is 6.74. The molecule has 2 heterocycles. The molecule has 5 nitrogen and oxygen atoms in total. The second kappa shape index (κ2) is 3.75. The number of nitrogens with zero attached hydrogens (tertiary/aromatic N) is 3. The Bertz CT molecular complexity index is 382. The lowest BCUT2D eigenvalue weighted by Gasteiger charge is -1.95. The highest BCUT2D eigenvalue weighted by Crippen LogP contribution is 2.14. The maximum absolute atomic E-state index is 5.29. The van der Waals surface area contributed by atoms with E-state index in [2.05, 4.69) is 20.5 Å². The predicted molar refractivity (Wildman–Crippen MR) is 53.2 cm³/mol. The summed E-state index contributed by atoms with van der Waals surface area (Å²) in [6.07, 6.45) is 1.70. The Morgan fingerprint density at radius 1 is 1.43 bits per heavy atom. The van der Waals surface area contributed by atoms with Crippen LogP contribution in [-0.4, -0.2) is 15.2 Å². The Kier molecular flexibility index (Phi) is 2.45. The van der Waals surface area contributed by atoms with Gasteiger partial charge >= 0.3 is 0 Å². The van der Waals surface area contributed by atoms with Crippen LogP contribution in [0.4, 0.5) is 5.13 Å². The van der Waals surface area contributed by atoms with E-state index in [1.54, 1.807) is 6.20 Å². The number of aromatic nitrogens is 3. The van der Waals surface area contributed by atoms with Gasteiger partial charge in [-0.2, -0.15) is 0 Å². The number of hydrogen-bond donors (Lipinski definition) is 1. The summed E-state index contributed by atoms with van der Waals surface area (Å²) in [6.45, 7) is 4.33. The molecule has 6 heteroatoms. The summed E-state index contributed by atoms with van der Waals surface area (Å²) < 4.78 is 5.29. The maximum Gasteiger partial charge on any atom is 0.213 e. The fourth-order valence-electron chi connectivity index (χ4n) is 1.00. The smallest absolute Gasteiger partial charge is 0.213 e. The Labute approximate surface area is 85.2 Å². The van der Waals surface area contributed by atoms with Crippen molar-refractivity contribution in [3.8, 4) is 0 Å². The number of anilines is 1. The summed E-state index contributed by atoms with van der Waals surface area (Å²) in [5, 5.41) is 12.6. The minimum Gasteiger partial charge on any atom is -0.444 e.